The summed E-state index contributed by atoms with van der Waals surface area (Å²) in [7, 11) is 0. The topological polar surface area (TPSA) is 105 Å². The second kappa shape index (κ2) is 10.3. The monoisotopic (exact) mass is 502 g/mol. The fourth-order valence-corrected chi connectivity index (χ4v) is 3.99. The van der Waals surface area contributed by atoms with Crippen LogP contribution in [-0.2, 0) is 4.79 Å². The number of hydrogen-bond donors (Lipinski definition) is 1. The van der Waals surface area contributed by atoms with Gasteiger partial charge in [-0.25, -0.2) is 4.99 Å². The molecule has 1 aliphatic rings. The van der Waals surface area contributed by atoms with Gasteiger partial charge >= 0.3 is 0 Å². The highest BCUT2D eigenvalue weighted by atomic mass is 16.6. The number of carbonyl (C=O) groups is 2. The number of nitro groups is 1. The van der Waals surface area contributed by atoms with E-state index in [9.17, 15) is 19.7 Å². The molecule has 4 aromatic carbocycles. The molecule has 8 heteroatoms. The van der Waals surface area contributed by atoms with Gasteiger partial charge in [0, 0.05) is 28.9 Å². The Labute approximate surface area is 218 Å². The van der Waals surface area contributed by atoms with E-state index in [0.717, 1.165) is 11.1 Å². The summed E-state index contributed by atoms with van der Waals surface area (Å²) in [4.78, 5) is 42.8. The van der Waals surface area contributed by atoms with E-state index in [2.05, 4.69) is 10.3 Å². The van der Waals surface area contributed by atoms with Crippen LogP contribution in [0.3, 0.4) is 0 Å². The summed E-state index contributed by atoms with van der Waals surface area (Å²) in [6.07, 6.45) is 1.60. The molecule has 0 spiro atoms. The fourth-order valence-electron chi connectivity index (χ4n) is 3.99. The Kier molecular flexibility index (Phi) is 6.61. The van der Waals surface area contributed by atoms with Gasteiger partial charge in [0.1, 0.15) is 11.5 Å². The molecule has 0 radical (unpaired) electrons. The third kappa shape index (κ3) is 5.10. The lowest BCUT2D eigenvalue weighted by molar-refractivity contribution is -0.384. The molecule has 8 nitrogen and oxygen atoms in total. The van der Waals surface area contributed by atoms with Crippen molar-refractivity contribution in [2.24, 2.45) is 4.99 Å². The van der Waals surface area contributed by atoms with Gasteiger partial charge in [0.05, 0.1) is 10.6 Å². The third-order valence-corrected chi connectivity index (χ3v) is 6.00. The van der Waals surface area contributed by atoms with Crippen molar-refractivity contribution in [3.05, 3.63) is 141 Å². The first-order valence-corrected chi connectivity index (χ1v) is 11.8. The van der Waals surface area contributed by atoms with Crippen molar-refractivity contribution in [1.82, 2.24) is 0 Å². The molecule has 0 aromatic heterocycles. The van der Waals surface area contributed by atoms with Crippen molar-refractivity contribution in [1.29, 1.82) is 0 Å². The molecule has 0 aliphatic carbocycles. The summed E-state index contributed by atoms with van der Waals surface area (Å²) >= 11 is 0. The maximum absolute atomic E-state index is 13.5. The van der Waals surface area contributed by atoms with Crippen molar-refractivity contribution in [2.45, 2.75) is 6.92 Å². The molecule has 0 saturated heterocycles. The summed E-state index contributed by atoms with van der Waals surface area (Å²) in [5.74, 6) is -0.163. The van der Waals surface area contributed by atoms with Crippen LogP contribution in [-0.4, -0.2) is 22.6 Å². The predicted molar refractivity (Wildman–Crippen MR) is 147 cm³/mol. The van der Waals surface area contributed by atoms with E-state index in [1.807, 2.05) is 61.5 Å². The molecule has 0 atom stereocenters. The SMILES string of the molecule is Cc1ccc(NC(=O)c2ccc(N3C(=O)C(=Cc4ccc([N+](=O)[O-])cc4)N=C3c3ccccc3)cc2)cc1. The van der Waals surface area contributed by atoms with Gasteiger partial charge in [-0.1, -0.05) is 48.0 Å². The smallest absolute Gasteiger partial charge is 0.282 e. The van der Waals surface area contributed by atoms with Crippen molar-refractivity contribution >= 4 is 40.8 Å². The Bertz CT molecular complexity index is 1570. The number of aryl methyl sites for hydroxylation is 1. The molecule has 0 fully saturated rings. The highest BCUT2D eigenvalue weighted by molar-refractivity contribution is 6.33. The number of amidine groups is 1. The Morgan fingerprint density at radius 3 is 2.18 bits per heavy atom. The van der Waals surface area contributed by atoms with Gasteiger partial charge < -0.3 is 5.32 Å². The normalized spacial score (nSPS) is 13.9. The molecule has 1 aliphatic heterocycles. The maximum atomic E-state index is 13.5. The molecule has 4 aromatic rings. The van der Waals surface area contributed by atoms with Gasteiger partial charge in [-0.05, 0) is 67.1 Å². The van der Waals surface area contributed by atoms with Gasteiger partial charge in [-0.3, -0.25) is 24.6 Å². The minimum Gasteiger partial charge on any atom is -0.322 e. The van der Waals surface area contributed by atoms with Gasteiger partial charge in [0.25, 0.3) is 17.5 Å². The number of nitrogens with zero attached hydrogens (tertiary/aromatic N) is 3. The quantitative estimate of drug-likeness (QED) is 0.199. The van der Waals surface area contributed by atoms with Gasteiger partial charge in [-0.2, -0.15) is 0 Å². The third-order valence-electron chi connectivity index (χ3n) is 6.00. The Morgan fingerprint density at radius 1 is 0.895 bits per heavy atom. The lowest BCUT2D eigenvalue weighted by Gasteiger charge is -2.19. The largest absolute Gasteiger partial charge is 0.322 e. The van der Waals surface area contributed by atoms with Crippen LogP contribution in [0.25, 0.3) is 6.08 Å². The molecule has 1 heterocycles. The van der Waals surface area contributed by atoms with E-state index in [1.54, 1.807) is 42.5 Å². The molecular weight excluding hydrogens is 480 g/mol. The standard InChI is InChI=1S/C30H22N4O4/c1-20-7-13-24(14-8-20)31-29(35)23-11-17-25(18-12-23)33-28(22-5-3-2-4-6-22)32-27(30(33)36)19-21-9-15-26(16-10-21)34(37)38/h2-19H,1H3,(H,31,35). The van der Waals surface area contributed by atoms with Crippen LogP contribution in [0.5, 0.6) is 0 Å². The van der Waals surface area contributed by atoms with Crippen LogP contribution in [0.15, 0.2) is 114 Å². The van der Waals surface area contributed by atoms with Crippen LogP contribution in [0.2, 0.25) is 0 Å². The summed E-state index contributed by atoms with van der Waals surface area (Å²) in [6, 6.07) is 29.5. The van der Waals surface area contributed by atoms with Crippen LogP contribution < -0.4 is 10.2 Å². The summed E-state index contributed by atoms with van der Waals surface area (Å²) in [6.45, 7) is 1.98. The number of hydrogen-bond acceptors (Lipinski definition) is 5. The second-order valence-corrected chi connectivity index (χ2v) is 8.69. The van der Waals surface area contributed by atoms with E-state index >= 15 is 0 Å². The number of aliphatic imine (C=N–C) groups is 1. The lowest BCUT2D eigenvalue weighted by Crippen LogP contribution is -2.32. The molecule has 1 N–H and O–H groups in total. The van der Waals surface area contributed by atoms with Crippen LogP contribution >= 0.6 is 0 Å². The minimum atomic E-state index is -0.476. The summed E-state index contributed by atoms with van der Waals surface area (Å²) in [5.41, 5.74) is 4.30. The number of benzene rings is 4. The number of rotatable bonds is 6. The van der Waals surface area contributed by atoms with Crippen molar-refractivity contribution < 1.29 is 14.5 Å². The number of nitro benzene ring substituents is 1. The zero-order valence-electron chi connectivity index (χ0n) is 20.4. The van der Waals surface area contributed by atoms with Gasteiger partial charge in [0.2, 0.25) is 0 Å². The highest BCUT2D eigenvalue weighted by Crippen LogP contribution is 2.28. The number of nitrogens with one attached hydrogen (secondary N) is 1. The van der Waals surface area contributed by atoms with E-state index in [4.69, 9.17) is 0 Å². The molecular formula is C30H22N4O4. The maximum Gasteiger partial charge on any atom is 0.282 e. The molecule has 5 rings (SSSR count). The second-order valence-electron chi connectivity index (χ2n) is 8.69. The Morgan fingerprint density at radius 2 is 1.55 bits per heavy atom. The van der Waals surface area contributed by atoms with Crippen molar-refractivity contribution in [3.8, 4) is 0 Å². The molecule has 0 unspecified atom stereocenters. The first-order chi connectivity index (χ1) is 18.4. The van der Waals surface area contributed by atoms with E-state index in [0.29, 0.717) is 28.3 Å². The van der Waals surface area contributed by atoms with Crippen LogP contribution in [0, 0.1) is 17.0 Å². The van der Waals surface area contributed by atoms with Crippen molar-refractivity contribution in [2.75, 3.05) is 10.2 Å². The number of non-ortho nitro benzene ring substituents is 1. The highest BCUT2D eigenvalue weighted by Gasteiger charge is 2.32. The van der Waals surface area contributed by atoms with Crippen LogP contribution in [0.4, 0.5) is 17.1 Å². The average molecular weight is 503 g/mol. The average Bonchev–Trinajstić information content (AvgIpc) is 3.26. The Hall–Kier alpha value is -5.37. The summed E-state index contributed by atoms with van der Waals surface area (Å²) in [5, 5.41) is 13.8. The molecule has 2 amide bonds. The van der Waals surface area contributed by atoms with E-state index in [-0.39, 0.29) is 23.2 Å². The van der Waals surface area contributed by atoms with Gasteiger partial charge in [0.15, 0.2) is 0 Å². The van der Waals surface area contributed by atoms with Gasteiger partial charge in [-0.15, -0.1) is 0 Å². The molecule has 0 bridgehead atoms. The molecule has 38 heavy (non-hydrogen) atoms. The van der Waals surface area contributed by atoms with E-state index < -0.39 is 4.92 Å². The number of amides is 2. The molecule has 0 saturated carbocycles. The fraction of sp³-hybridized carbons (Fsp3) is 0.0333. The minimum absolute atomic E-state index is 0.0356. The number of carbonyl (C=O) groups excluding carboxylic acids is 2. The summed E-state index contributed by atoms with van der Waals surface area (Å²) < 4.78 is 0. The number of anilines is 2. The van der Waals surface area contributed by atoms with Crippen LogP contribution in [0.1, 0.15) is 27.0 Å². The zero-order chi connectivity index (χ0) is 26.6. The zero-order valence-corrected chi connectivity index (χ0v) is 20.4. The first-order valence-electron chi connectivity index (χ1n) is 11.8. The van der Waals surface area contributed by atoms with Crippen molar-refractivity contribution in [3.63, 3.8) is 0 Å². The first kappa shape index (κ1) is 24.3. The predicted octanol–water partition coefficient (Wildman–Crippen LogP) is 5.99. The van der Waals surface area contributed by atoms with E-state index in [1.165, 1.54) is 17.0 Å². The Balaban J connectivity index is 1.44. The lowest BCUT2D eigenvalue weighted by atomic mass is 10.1. The molecule has 186 valence electrons.